The number of ether oxygens (including phenoxy) is 3. The first-order valence-corrected chi connectivity index (χ1v) is 10.8. The van der Waals surface area contributed by atoms with Crippen LogP contribution in [0.1, 0.15) is 50.9 Å². The summed E-state index contributed by atoms with van der Waals surface area (Å²) in [6.45, 7) is 9.93. The molecule has 5 heteroatoms. The maximum Gasteiger partial charge on any atom is 0.188 e. The van der Waals surface area contributed by atoms with Crippen LogP contribution in [0.3, 0.4) is 0 Å². The highest BCUT2D eigenvalue weighted by molar-refractivity contribution is 7.47. The van der Waals surface area contributed by atoms with Gasteiger partial charge < -0.3 is 19.5 Å². The number of hydrogen-bond acceptors (Lipinski definition) is 4. The molecule has 2 aromatic carbocycles. The third-order valence-electron chi connectivity index (χ3n) is 4.49. The molecule has 0 bridgehead atoms. The summed E-state index contributed by atoms with van der Waals surface area (Å²) in [4.78, 5) is 0. The van der Waals surface area contributed by atoms with Gasteiger partial charge in [-0.2, -0.15) is 0 Å². The molecule has 0 aliphatic rings. The van der Waals surface area contributed by atoms with Gasteiger partial charge >= 0.3 is 0 Å². The monoisotopic (exact) mass is 403 g/mol. The summed E-state index contributed by atoms with van der Waals surface area (Å²) in [5.41, 5.74) is 2.99. The van der Waals surface area contributed by atoms with Crippen LogP contribution in [0.25, 0.3) is 0 Å². The van der Waals surface area contributed by atoms with Crippen molar-refractivity contribution in [2.24, 2.45) is 0 Å². The first-order chi connectivity index (χ1) is 13.4. The Bertz CT molecular complexity index is 743. The smallest absolute Gasteiger partial charge is 0.188 e. The Balaban J connectivity index is 2.29. The summed E-state index contributed by atoms with van der Waals surface area (Å²) in [6.07, 6.45) is 1.02. The second-order valence-corrected chi connectivity index (χ2v) is 9.34. The summed E-state index contributed by atoms with van der Waals surface area (Å²) in [5, 5.41) is 5.01. The Morgan fingerprint density at radius 2 is 1.82 bits per heavy atom. The lowest BCUT2D eigenvalue weighted by Crippen LogP contribution is -2.36. The van der Waals surface area contributed by atoms with Crippen LogP contribution in [-0.2, 0) is 11.3 Å². The molecule has 2 aromatic rings. The number of benzene rings is 2. The van der Waals surface area contributed by atoms with Crippen molar-refractivity contribution in [2.75, 3.05) is 21.0 Å². The molecule has 1 N–H and O–H groups in total. The Kier molecular flexibility index (Phi) is 8.75. The van der Waals surface area contributed by atoms with Gasteiger partial charge in [-0.05, 0) is 56.3 Å². The normalized spacial score (nSPS) is 13.1. The summed E-state index contributed by atoms with van der Waals surface area (Å²) in [6, 6.07) is 14.7. The van der Waals surface area contributed by atoms with E-state index < -0.39 is 0 Å². The Morgan fingerprint density at radius 1 is 1.07 bits per heavy atom. The molecule has 0 aromatic heterocycles. The molecule has 0 saturated carbocycles. The molecular formula is C23H34NO3P. The number of nitrogens with one attached hydrogen (secondary N) is 1. The lowest BCUT2D eigenvalue weighted by molar-refractivity contribution is 0.0503. The quantitative estimate of drug-likeness (QED) is 0.447. The Hall–Kier alpha value is -1.61. The van der Waals surface area contributed by atoms with Crippen LogP contribution in [-0.4, -0.2) is 26.6 Å². The minimum Gasteiger partial charge on any atom is -0.497 e. The van der Waals surface area contributed by atoms with Crippen molar-refractivity contribution >= 4 is 13.9 Å². The van der Waals surface area contributed by atoms with E-state index in [-0.39, 0.29) is 12.3 Å². The fourth-order valence-corrected chi connectivity index (χ4v) is 4.45. The van der Waals surface area contributed by atoms with E-state index in [1.165, 1.54) is 16.4 Å². The molecule has 28 heavy (non-hydrogen) atoms. The van der Waals surface area contributed by atoms with E-state index in [2.05, 4.69) is 63.3 Å². The average molecular weight is 404 g/mol. The van der Waals surface area contributed by atoms with Crippen LogP contribution < -0.4 is 20.1 Å². The molecule has 4 nitrogen and oxygen atoms in total. The van der Waals surface area contributed by atoms with Crippen LogP contribution in [0.4, 0.5) is 0 Å². The van der Waals surface area contributed by atoms with E-state index in [1.807, 2.05) is 12.1 Å². The molecule has 0 saturated heterocycles. The number of rotatable bonds is 10. The Morgan fingerprint density at radius 3 is 2.46 bits per heavy atom. The molecule has 0 aliphatic heterocycles. The van der Waals surface area contributed by atoms with Gasteiger partial charge in [-0.15, -0.1) is 0 Å². The van der Waals surface area contributed by atoms with Crippen molar-refractivity contribution < 1.29 is 14.2 Å². The lowest BCUT2D eigenvalue weighted by atomic mass is 10.1. The predicted octanol–water partition coefficient (Wildman–Crippen LogP) is 5.02. The molecule has 2 atom stereocenters. The van der Waals surface area contributed by atoms with Crippen molar-refractivity contribution in [1.29, 1.82) is 0 Å². The zero-order chi connectivity index (χ0) is 20.6. The molecule has 2 rings (SSSR count). The van der Waals surface area contributed by atoms with E-state index in [0.29, 0.717) is 14.2 Å². The molecule has 154 valence electrons. The maximum absolute atomic E-state index is 5.84. The van der Waals surface area contributed by atoms with Gasteiger partial charge in [-0.25, -0.2) is 0 Å². The molecular weight excluding hydrogens is 369 g/mol. The third-order valence-corrected chi connectivity index (χ3v) is 6.36. The highest BCUT2D eigenvalue weighted by Gasteiger charge is 2.19. The minimum atomic E-state index is 0.0916. The van der Waals surface area contributed by atoms with Gasteiger partial charge in [0.25, 0.3) is 0 Å². The third kappa shape index (κ3) is 6.77. The van der Waals surface area contributed by atoms with Crippen LogP contribution in [0.15, 0.2) is 42.5 Å². The lowest BCUT2D eigenvalue weighted by Gasteiger charge is -2.24. The van der Waals surface area contributed by atoms with Crippen molar-refractivity contribution in [1.82, 2.24) is 5.32 Å². The minimum absolute atomic E-state index is 0.0916. The topological polar surface area (TPSA) is 39.7 Å². The van der Waals surface area contributed by atoms with Crippen molar-refractivity contribution in [3.63, 3.8) is 0 Å². The highest BCUT2D eigenvalue weighted by Crippen LogP contribution is 2.43. The predicted molar refractivity (Wildman–Crippen MR) is 120 cm³/mol. The number of hydrogen-bond donors (Lipinski definition) is 1. The summed E-state index contributed by atoms with van der Waals surface area (Å²) < 4.78 is 16.4. The maximum atomic E-state index is 5.84. The second-order valence-electron chi connectivity index (χ2n) is 7.82. The van der Waals surface area contributed by atoms with Crippen molar-refractivity contribution in [2.45, 2.75) is 51.9 Å². The standard InChI is InChI=1S/C23H34NO3P/c1-7-21(19-14-18(26-6)12-13-20(19)27-16-25-5)28-22-11-9-8-10-17(22)15-24-23(2,3)4/h8-14,21,24,28H,7,15-16H2,1-6H3. The SMILES string of the molecule is CCC(Pc1ccccc1CNC(C)(C)C)c1cc(OC)ccc1OCOC. The van der Waals surface area contributed by atoms with Gasteiger partial charge in [-0.3, -0.25) is 0 Å². The molecule has 0 fully saturated rings. The van der Waals surface area contributed by atoms with E-state index in [9.17, 15) is 0 Å². The van der Waals surface area contributed by atoms with Gasteiger partial charge in [0.2, 0.25) is 0 Å². The van der Waals surface area contributed by atoms with E-state index in [1.54, 1.807) is 14.2 Å². The van der Waals surface area contributed by atoms with Gasteiger partial charge in [0.05, 0.1) is 7.11 Å². The summed E-state index contributed by atoms with van der Waals surface area (Å²) in [5.74, 6) is 1.72. The van der Waals surface area contributed by atoms with Gasteiger partial charge in [0.15, 0.2) is 6.79 Å². The summed E-state index contributed by atoms with van der Waals surface area (Å²) in [7, 11) is 3.99. The fraction of sp³-hybridized carbons (Fsp3) is 0.478. The van der Waals surface area contributed by atoms with Crippen molar-refractivity contribution in [3.05, 3.63) is 53.6 Å². The first kappa shape index (κ1) is 22.7. The first-order valence-electron chi connectivity index (χ1n) is 9.77. The van der Waals surface area contributed by atoms with Crippen LogP contribution in [0, 0.1) is 0 Å². The zero-order valence-electron chi connectivity index (χ0n) is 18.0. The van der Waals surface area contributed by atoms with Gasteiger partial charge in [0.1, 0.15) is 11.5 Å². The highest BCUT2D eigenvalue weighted by atomic mass is 31.1. The molecule has 0 amide bonds. The van der Waals surface area contributed by atoms with Gasteiger partial charge in [-0.1, -0.05) is 39.8 Å². The van der Waals surface area contributed by atoms with Crippen LogP contribution >= 0.6 is 8.58 Å². The average Bonchev–Trinajstić information content (AvgIpc) is 2.69. The molecule has 0 heterocycles. The van der Waals surface area contributed by atoms with Crippen LogP contribution in [0.5, 0.6) is 11.5 Å². The number of methoxy groups -OCH3 is 2. The molecule has 0 aliphatic carbocycles. The molecule has 2 unspecified atom stereocenters. The molecule has 0 radical (unpaired) electrons. The van der Waals surface area contributed by atoms with E-state index in [0.717, 1.165) is 24.5 Å². The fourth-order valence-electron chi connectivity index (χ4n) is 2.94. The largest absolute Gasteiger partial charge is 0.497 e. The Labute approximate surface area is 171 Å². The van der Waals surface area contributed by atoms with Gasteiger partial charge in [0, 0.05) is 30.4 Å². The van der Waals surface area contributed by atoms with Crippen LogP contribution in [0.2, 0.25) is 0 Å². The van der Waals surface area contributed by atoms with Crippen molar-refractivity contribution in [3.8, 4) is 11.5 Å². The molecule has 0 spiro atoms. The van der Waals surface area contributed by atoms with E-state index in [4.69, 9.17) is 14.2 Å². The summed E-state index contributed by atoms with van der Waals surface area (Å²) >= 11 is 0. The van der Waals surface area contributed by atoms with E-state index >= 15 is 0 Å². The second kappa shape index (κ2) is 10.8. The zero-order valence-corrected chi connectivity index (χ0v) is 19.0.